The lowest BCUT2D eigenvalue weighted by atomic mass is 9.84. The number of amides is 2. The van der Waals surface area contributed by atoms with E-state index in [1.165, 1.54) is 0 Å². The summed E-state index contributed by atoms with van der Waals surface area (Å²) in [6, 6.07) is 24.5. The minimum absolute atomic E-state index is 0.0697. The molecule has 222 valence electrons. The number of carboxylic acid groups (broad SMARTS) is 1. The molecule has 0 bridgehead atoms. The average molecular weight is 573 g/mol. The Labute approximate surface area is 247 Å². The Kier molecular flexibility index (Phi) is 10.0. The van der Waals surface area contributed by atoms with Crippen LogP contribution in [-0.2, 0) is 25.7 Å². The SMILES string of the molecule is CC(OCc1ccccc1)C(NC(=O)OCC1c2ccccc2-c2ccccc21)C(=O)NCC(CC(C)(C)C)C(=O)O. The largest absolute Gasteiger partial charge is 0.481 e. The number of carbonyl (C=O) groups excluding carboxylic acids is 2. The lowest BCUT2D eigenvalue weighted by molar-refractivity contribution is -0.142. The predicted octanol–water partition coefficient (Wildman–Crippen LogP) is 5.75. The van der Waals surface area contributed by atoms with Gasteiger partial charge in [0.05, 0.1) is 18.6 Å². The van der Waals surface area contributed by atoms with Crippen LogP contribution in [0.5, 0.6) is 0 Å². The van der Waals surface area contributed by atoms with Gasteiger partial charge in [-0.3, -0.25) is 9.59 Å². The molecule has 1 aliphatic rings. The number of hydrogen-bond donors (Lipinski definition) is 3. The highest BCUT2D eigenvalue weighted by Crippen LogP contribution is 2.44. The molecule has 3 N–H and O–H groups in total. The van der Waals surface area contributed by atoms with E-state index in [4.69, 9.17) is 9.47 Å². The van der Waals surface area contributed by atoms with Gasteiger partial charge in [-0.2, -0.15) is 0 Å². The summed E-state index contributed by atoms with van der Waals surface area (Å²) in [6.07, 6.45) is -1.10. The summed E-state index contributed by atoms with van der Waals surface area (Å²) in [7, 11) is 0. The Morgan fingerprint density at radius 1 is 0.881 bits per heavy atom. The third kappa shape index (κ3) is 7.97. The topological polar surface area (TPSA) is 114 Å². The Morgan fingerprint density at radius 2 is 1.45 bits per heavy atom. The van der Waals surface area contributed by atoms with Crippen molar-refractivity contribution in [1.29, 1.82) is 0 Å². The van der Waals surface area contributed by atoms with E-state index in [1.54, 1.807) is 6.92 Å². The molecule has 8 heteroatoms. The molecule has 3 atom stereocenters. The zero-order valence-corrected chi connectivity index (χ0v) is 24.6. The summed E-state index contributed by atoms with van der Waals surface area (Å²) >= 11 is 0. The molecule has 0 saturated carbocycles. The molecule has 0 heterocycles. The number of ether oxygens (including phenoxy) is 2. The Morgan fingerprint density at radius 3 is 2.02 bits per heavy atom. The maximum Gasteiger partial charge on any atom is 0.407 e. The first-order chi connectivity index (χ1) is 20.0. The molecule has 0 aromatic heterocycles. The fourth-order valence-electron chi connectivity index (χ4n) is 5.38. The van der Waals surface area contributed by atoms with Crippen LogP contribution in [0.25, 0.3) is 11.1 Å². The van der Waals surface area contributed by atoms with Crippen molar-refractivity contribution in [3.63, 3.8) is 0 Å². The molecule has 4 rings (SSSR count). The Bertz CT molecular complexity index is 1340. The molecular formula is C34H40N2O6. The number of nitrogens with one attached hydrogen (secondary N) is 2. The van der Waals surface area contributed by atoms with E-state index in [9.17, 15) is 19.5 Å². The summed E-state index contributed by atoms with van der Waals surface area (Å²) in [6.45, 7) is 7.81. The molecule has 3 aromatic rings. The van der Waals surface area contributed by atoms with Gasteiger partial charge in [-0.1, -0.05) is 99.6 Å². The molecule has 2 amide bonds. The van der Waals surface area contributed by atoms with Gasteiger partial charge in [0.1, 0.15) is 12.6 Å². The first-order valence-corrected chi connectivity index (χ1v) is 14.3. The van der Waals surface area contributed by atoms with E-state index in [1.807, 2.05) is 87.5 Å². The number of benzene rings is 3. The molecule has 0 saturated heterocycles. The second kappa shape index (κ2) is 13.7. The van der Waals surface area contributed by atoms with E-state index in [0.717, 1.165) is 27.8 Å². The van der Waals surface area contributed by atoms with E-state index >= 15 is 0 Å². The second-order valence-electron chi connectivity index (χ2n) is 12.0. The molecule has 42 heavy (non-hydrogen) atoms. The molecule has 0 radical (unpaired) electrons. The van der Waals surface area contributed by atoms with Crippen molar-refractivity contribution < 1.29 is 29.0 Å². The van der Waals surface area contributed by atoms with Gasteiger partial charge in [0, 0.05) is 12.5 Å². The van der Waals surface area contributed by atoms with Gasteiger partial charge in [0.25, 0.3) is 0 Å². The minimum Gasteiger partial charge on any atom is -0.481 e. The van der Waals surface area contributed by atoms with Crippen LogP contribution in [0, 0.1) is 11.3 Å². The van der Waals surface area contributed by atoms with Crippen LogP contribution >= 0.6 is 0 Å². The van der Waals surface area contributed by atoms with E-state index < -0.39 is 36.0 Å². The monoisotopic (exact) mass is 572 g/mol. The first-order valence-electron chi connectivity index (χ1n) is 14.3. The number of carbonyl (C=O) groups is 3. The Balaban J connectivity index is 1.44. The van der Waals surface area contributed by atoms with Crippen LogP contribution in [0.1, 0.15) is 56.7 Å². The minimum atomic E-state index is -1.10. The molecule has 0 fully saturated rings. The quantitative estimate of drug-likeness (QED) is 0.255. The molecule has 8 nitrogen and oxygen atoms in total. The van der Waals surface area contributed by atoms with Gasteiger partial charge < -0.3 is 25.2 Å². The maximum absolute atomic E-state index is 13.4. The standard InChI is InChI=1S/C34H40N2O6/c1-22(41-20-23-12-6-5-7-13-23)30(31(37)35-19-24(32(38)39)18-34(2,3)4)36-33(40)42-21-29-27-16-10-8-14-25(27)26-15-9-11-17-28(26)29/h5-17,22,24,29-30H,18-21H2,1-4H3,(H,35,37)(H,36,40)(H,38,39). The third-order valence-electron chi connectivity index (χ3n) is 7.46. The number of aliphatic carboxylic acids is 1. The summed E-state index contributed by atoms with van der Waals surface area (Å²) in [4.78, 5) is 38.3. The van der Waals surface area contributed by atoms with Gasteiger partial charge in [0.2, 0.25) is 5.91 Å². The summed E-state index contributed by atoms with van der Waals surface area (Å²) in [5, 5.41) is 15.1. The van der Waals surface area contributed by atoms with Crippen LogP contribution in [0.15, 0.2) is 78.9 Å². The fraction of sp³-hybridized carbons (Fsp3) is 0.382. The average Bonchev–Trinajstić information content (AvgIpc) is 3.29. The first kappa shape index (κ1) is 30.8. The summed E-state index contributed by atoms with van der Waals surface area (Å²) in [5.74, 6) is -2.43. The Hall–Kier alpha value is -4.17. The third-order valence-corrected chi connectivity index (χ3v) is 7.46. The van der Waals surface area contributed by atoms with Gasteiger partial charge >= 0.3 is 12.1 Å². The van der Waals surface area contributed by atoms with E-state index in [-0.39, 0.29) is 31.1 Å². The normalized spacial score (nSPS) is 14.7. The van der Waals surface area contributed by atoms with Crippen LogP contribution in [0.2, 0.25) is 0 Å². The van der Waals surface area contributed by atoms with Crippen molar-refractivity contribution in [2.24, 2.45) is 11.3 Å². The highest BCUT2D eigenvalue weighted by Gasteiger charge is 2.33. The van der Waals surface area contributed by atoms with Crippen LogP contribution in [0.3, 0.4) is 0 Å². The number of hydrogen-bond acceptors (Lipinski definition) is 5. The van der Waals surface area contributed by atoms with Gasteiger partial charge in [-0.25, -0.2) is 4.79 Å². The van der Waals surface area contributed by atoms with Gasteiger partial charge in [-0.15, -0.1) is 0 Å². The number of fused-ring (bicyclic) bond motifs is 3. The summed E-state index contributed by atoms with van der Waals surface area (Å²) < 4.78 is 11.7. The molecular weight excluding hydrogens is 532 g/mol. The van der Waals surface area contributed by atoms with Crippen molar-refractivity contribution in [2.45, 2.75) is 58.8 Å². The predicted molar refractivity (Wildman–Crippen MR) is 161 cm³/mol. The molecule has 1 aliphatic carbocycles. The molecule has 0 aliphatic heterocycles. The smallest absolute Gasteiger partial charge is 0.407 e. The van der Waals surface area contributed by atoms with Gasteiger partial charge in [0.15, 0.2) is 0 Å². The molecule has 3 aromatic carbocycles. The van der Waals surface area contributed by atoms with Crippen molar-refractivity contribution in [1.82, 2.24) is 10.6 Å². The summed E-state index contributed by atoms with van der Waals surface area (Å²) in [5.41, 5.74) is 5.08. The van der Waals surface area contributed by atoms with Crippen LogP contribution in [-0.4, -0.2) is 48.4 Å². The van der Waals surface area contributed by atoms with E-state index in [2.05, 4.69) is 22.8 Å². The zero-order chi connectivity index (χ0) is 30.3. The maximum atomic E-state index is 13.4. The van der Waals surface area contributed by atoms with Gasteiger partial charge in [-0.05, 0) is 46.6 Å². The molecule has 0 spiro atoms. The molecule has 3 unspecified atom stereocenters. The number of rotatable bonds is 12. The lowest BCUT2D eigenvalue weighted by Crippen LogP contribution is -2.54. The van der Waals surface area contributed by atoms with Crippen molar-refractivity contribution >= 4 is 18.0 Å². The van der Waals surface area contributed by atoms with Crippen LogP contribution in [0.4, 0.5) is 4.79 Å². The lowest BCUT2D eigenvalue weighted by Gasteiger charge is -2.27. The highest BCUT2D eigenvalue weighted by atomic mass is 16.5. The van der Waals surface area contributed by atoms with E-state index in [0.29, 0.717) is 6.42 Å². The second-order valence-corrected chi connectivity index (χ2v) is 12.0. The highest BCUT2D eigenvalue weighted by molar-refractivity contribution is 5.86. The van der Waals surface area contributed by atoms with Crippen molar-refractivity contribution in [3.05, 3.63) is 95.6 Å². The van der Waals surface area contributed by atoms with Crippen molar-refractivity contribution in [2.75, 3.05) is 13.2 Å². The van der Waals surface area contributed by atoms with Crippen LogP contribution < -0.4 is 10.6 Å². The zero-order valence-electron chi connectivity index (χ0n) is 24.6. The van der Waals surface area contributed by atoms with Crippen molar-refractivity contribution in [3.8, 4) is 11.1 Å². The number of alkyl carbamates (subject to hydrolysis) is 1. The fourth-order valence-corrected chi connectivity index (χ4v) is 5.38. The number of carboxylic acids is 1.